The quantitative estimate of drug-likeness (QED) is 0.401. The molecule has 5 rings (SSSR count). The molecule has 37 heavy (non-hydrogen) atoms. The third kappa shape index (κ3) is 5.31. The molecule has 1 atom stereocenters. The number of halogens is 1. The number of anilines is 3. The number of hydrogen-bond donors (Lipinski definition) is 1. The second kappa shape index (κ2) is 10.4. The van der Waals surface area contributed by atoms with Crippen molar-refractivity contribution in [2.75, 3.05) is 30.9 Å². The molecule has 186 valence electrons. The third-order valence-corrected chi connectivity index (χ3v) is 6.72. The summed E-state index contributed by atoms with van der Waals surface area (Å²) in [7, 11) is 4.03. The van der Waals surface area contributed by atoms with Crippen LogP contribution in [0.5, 0.6) is 0 Å². The smallest absolute Gasteiger partial charge is 0.228 e. The Kier molecular flexibility index (Phi) is 6.86. The van der Waals surface area contributed by atoms with Gasteiger partial charge in [0.2, 0.25) is 11.9 Å². The maximum Gasteiger partial charge on any atom is 0.228 e. The summed E-state index contributed by atoms with van der Waals surface area (Å²) in [5.41, 5.74) is 4.35. The second-order valence-electron chi connectivity index (χ2n) is 9.04. The first-order valence-corrected chi connectivity index (χ1v) is 12.2. The fraction of sp³-hybridized carbons (Fsp3) is 0.222. The molecule has 1 aliphatic rings. The van der Waals surface area contributed by atoms with Crippen LogP contribution < -0.4 is 10.2 Å². The molecule has 1 saturated heterocycles. The van der Waals surface area contributed by atoms with Crippen molar-refractivity contribution >= 4 is 34.8 Å². The highest BCUT2D eigenvalue weighted by Crippen LogP contribution is 2.27. The molecule has 10 heteroatoms. The van der Waals surface area contributed by atoms with Crippen molar-refractivity contribution in [3.8, 4) is 23.0 Å². The van der Waals surface area contributed by atoms with Gasteiger partial charge in [-0.05, 0) is 69.0 Å². The molecular formula is C27H25ClN8O. The Labute approximate surface area is 219 Å². The maximum absolute atomic E-state index is 12.6. The SMILES string of the molecule is CN(C)[C@H]1CCN(c2ccc(Nc3nccc(-c4cnn(-c5ccc(C#N)cc5Cl)c4)n3)cc2)C(=O)C1. The standard InChI is InChI=1S/C27H25ClN8O/c1-34(2)22-10-12-35(26(37)14-22)21-6-4-20(5-7-21)32-27-30-11-9-24(33-27)19-16-31-36(17-19)25-8-3-18(15-29)13-23(25)28/h3-9,11,13,16-17,22H,10,12,14H2,1-2H3,(H,30,32,33)/t22-/m0/s1. The number of rotatable bonds is 6. The van der Waals surface area contributed by atoms with Crippen LogP contribution in [0.15, 0.2) is 67.1 Å². The van der Waals surface area contributed by atoms with Crippen molar-refractivity contribution in [1.29, 1.82) is 5.26 Å². The van der Waals surface area contributed by atoms with Gasteiger partial charge in [0.25, 0.3) is 0 Å². The van der Waals surface area contributed by atoms with E-state index in [1.54, 1.807) is 41.3 Å². The highest BCUT2D eigenvalue weighted by Gasteiger charge is 2.27. The highest BCUT2D eigenvalue weighted by molar-refractivity contribution is 6.32. The fourth-order valence-electron chi connectivity index (χ4n) is 4.31. The van der Waals surface area contributed by atoms with Gasteiger partial charge in [0.1, 0.15) is 0 Å². The maximum atomic E-state index is 12.6. The number of carbonyl (C=O) groups excluding carboxylic acids is 1. The van der Waals surface area contributed by atoms with Gasteiger partial charge in [-0.1, -0.05) is 11.6 Å². The van der Waals surface area contributed by atoms with Crippen LogP contribution in [0.25, 0.3) is 16.9 Å². The fourth-order valence-corrected chi connectivity index (χ4v) is 4.58. The predicted molar refractivity (Wildman–Crippen MR) is 143 cm³/mol. The Hall–Kier alpha value is -4.26. The number of nitrogens with one attached hydrogen (secondary N) is 1. The van der Waals surface area contributed by atoms with Gasteiger partial charge in [0.05, 0.1) is 34.2 Å². The zero-order chi connectivity index (χ0) is 25.9. The van der Waals surface area contributed by atoms with Crippen LogP contribution in [0.2, 0.25) is 5.02 Å². The lowest BCUT2D eigenvalue weighted by Gasteiger charge is -2.34. The van der Waals surface area contributed by atoms with Crippen LogP contribution in [-0.2, 0) is 4.79 Å². The molecule has 1 amide bonds. The first kappa shape index (κ1) is 24.4. The van der Waals surface area contributed by atoms with Gasteiger partial charge in [-0.15, -0.1) is 0 Å². The molecule has 3 heterocycles. The third-order valence-electron chi connectivity index (χ3n) is 6.42. The molecule has 0 radical (unpaired) electrons. The zero-order valence-corrected chi connectivity index (χ0v) is 21.2. The highest BCUT2D eigenvalue weighted by atomic mass is 35.5. The summed E-state index contributed by atoms with van der Waals surface area (Å²) >= 11 is 6.33. The molecule has 2 aromatic carbocycles. The average molecular weight is 513 g/mol. The molecule has 0 bridgehead atoms. The summed E-state index contributed by atoms with van der Waals surface area (Å²) in [5, 5.41) is 17.1. The number of benzene rings is 2. The second-order valence-corrected chi connectivity index (χ2v) is 9.45. The number of aromatic nitrogens is 4. The van der Waals surface area contributed by atoms with Crippen molar-refractivity contribution in [1.82, 2.24) is 24.6 Å². The summed E-state index contributed by atoms with van der Waals surface area (Å²) in [6.07, 6.45) is 6.68. The lowest BCUT2D eigenvalue weighted by atomic mass is 10.0. The topological polar surface area (TPSA) is 103 Å². The van der Waals surface area contributed by atoms with Gasteiger partial charge in [-0.3, -0.25) is 4.79 Å². The lowest BCUT2D eigenvalue weighted by Crippen LogP contribution is -2.45. The lowest BCUT2D eigenvalue weighted by molar-refractivity contribution is -0.120. The first-order chi connectivity index (χ1) is 17.9. The van der Waals surface area contributed by atoms with Crippen LogP contribution in [-0.4, -0.2) is 57.2 Å². The summed E-state index contributed by atoms with van der Waals surface area (Å²) in [6.45, 7) is 0.709. The normalized spacial score (nSPS) is 15.6. The van der Waals surface area contributed by atoms with E-state index in [0.29, 0.717) is 46.9 Å². The molecule has 1 aliphatic heterocycles. The number of carbonyl (C=O) groups is 1. The average Bonchev–Trinajstić information content (AvgIpc) is 3.39. The van der Waals surface area contributed by atoms with E-state index in [-0.39, 0.29) is 5.91 Å². The van der Waals surface area contributed by atoms with E-state index in [1.165, 1.54) is 0 Å². The van der Waals surface area contributed by atoms with Crippen molar-refractivity contribution in [2.45, 2.75) is 18.9 Å². The summed E-state index contributed by atoms with van der Waals surface area (Å²) < 4.78 is 1.65. The molecule has 0 saturated carbocycles. The zero-order valence-electron chi connectivity index (χ0n) is 20.5. The molecule has 9 nitrogen and oxygen atoms in total. The van der Waals surface area contributed by atoms with Crippen LogP contribution in [0, 0.1) is 11.3 Å². The first-order valence-electron chi connectivity index (χ1n) is 11.8. The van der Waals surface area contributed by atoms with Crippen molar-refractivity contribution < 1.29 is 4.79 Å². The monoisotopic (exact) mass is 512 g/mol. The molecule has 0 spiro atoms. The number of nitrogens with zero attached hydrogens (tertiary/aromatic N) is 7. The van der Waals surface area contributed by atoms with E-state index in [9.17, 15) is 4.79 Å². The van der Waals surface area contributed by atoms with Gasteiger partial charge in [-0.2, -0.15) is 10.4 Å². The Morgan fingerprint density at radius 2 is 1.97 bits per heavy atom. The number of nitriles is 1. The van der Waals surface area contributed by atoms with Gasteiger partial charge < -0.3 is 15.1 Å². The molecule has 4 aromatic rings. The van der Waals surface area contributed by atoms with E-state index in [0.717, 1.165) is 23.4 Å². The van der Waals surface area contributed by atoms with Gasteiger partial charge in [-0.25, -0.2) is 14.6 Å². The van der Waals surface area contributed by atoms with Crippen LogP contribution >= 0.6 is 11.6 Å². The Morgan fingerprint density at radius 1 is 1.16 bits per heavy atom. The predicted octanol–water partition coefficient (Wildman–Crippen LogP) is 4.65. The van der Waals surface area contributed by atoms with Crippen LogP contribution in [0.4, 0.5) is 17.3 Å². The molecule has 0 unspecified atom stereocenters. The van der Waals surface area contributed by atoms with E-state index in [4.69, 9.17) is 16.9 Å². The number of piperidine rings is 1. The Morgan fingerprint density at radius 3 is 2.68 bits per heavy atom. The summed E-state index contributed by atoms with van der Waals surface area (Å²) in [5.74, 6) is 0.585. The Balaban J connectivity index is 1.28. The minimum atomic E-state index is 0.143. The van der Waals surface area contributed by atoms with E-state index >= 15 is 0 Å². The van der Waals surface area contributed by atoms with Gasteiger partial charge in [0, 0.05) is 48.3 Å². The molecule has 1 fully saturated rings. The molecule has 0 aliphatic carbocycles. The largest absolute Gasteiger partial charge is 0.324 e. The minimum Gasteiger partial charge on any atom is -0.324 e. The van der Waals surface area contributed by atoms with Crippen molar-refractivity contribution in [3.63, 3.8) is 0 Å². The van der Waals surface area contributed by atoms with Crippen molar-refractivity contribution in [3.05, 3.63) is 77.7 Å². The summed E-state index contributed by atoms with van der Waals surface area (Å²) in [4.78, 5) is 25.6. The van der Waals surface area contributed by atoms with Gasteiger partial charge >= 0.3 is 0 Å². The van der Waals surface area contributed by atoms with E-state index < -0.39 is 0 Å². The molecule has 1 N–H and O–H groups in total. The molecular weight excluding hydrogens is 488 g/mol. The number of amides is 1. The van der Waals surface area contributed by atoms with E-state index in [2.05, 4.69) is 31.4 Å². The van der Waals surface area contributed by atoms with Crippen molar-refractivity contribution in [2.24, 2.45) is 0 Å². The minimum absolute atomic E-state index is 0.143. The molecule has 2 aromatic heterocycles. The van der Waals surface area contributed by atoms with Crippen LogP contribution in [0.3, 0.4) is 0 Å². The Bertz CT molecular complexity index is 1470. The summed E-state index contributed by atoms with van der Waals surface area (Å²) in [6, 6.07) is 16.9. The van der Waals surface area contributed by atoms with Gasteiger partial charge in [0.15, 0.2) is 0 Å². The number of hydrogen-bond acceptors (Lipinski definition) is 7. The van der Waals surface area contributed by atoms with E-state index in [1.807, 2.05) is 49.5 Å². The van der Waals surface area contributed by atoms with Crippen LogP contribution in [0.1, 0.15) is 18.4 Å².